The number of nitrogens with zero attached hydrogens (tertiary/aromatic N) is 2. The topological polar surface area (TPSA) is 72.7 Å². The van der Waals surface area contributed by atoms with Crippen LogP contribution in [0.2, 0.25) is 0 Å². The van der Waals surface area contributed by atoms with Gasteiger partial charge in [-0.2, -0.15) is 0 Å². The molecule has 124 valence electrons. The van der Waals surface area contributed by atoms with E-state index in [9.17, 15) is 14.9 Å². The number of methoxy groups -OCH3 is 1. The van der Waals surface area contributed by atoms with Gasteiger partial charge in [0, 0.05) is 18.2 Å². The van der Waals surface area contributed by atoms with Crippen molar-refractivity contribution in [2.45, 2.75) is 18.9 Å². The molecule has 2 aromatic carbocycles. The molecule has 1 saturated heterocycles. The van der Waals surface area contributed by atoms with Gasteiger partial charge >= 0.3 is 5.69 Å². The van der Waals surface area contributed by atoms with Gasteiger partial charge in [0.2, 0.25) is 0 Å². The number of amides is 1. The summed E-state index contributed by atoms with van der Waals surface area (Å²) in [6.45, 7) is 0.651. The summed E-state index contributed by atoms with van der Waals surface area (Å²) in [5.41, 5.74) is 1.20. The maximum absolute atomic E-state index is 12.9. The minimum Gasteiger partial charge on any atom is -0.490 e. The van der Waals surface area contributed by atoms with Gasteiger partial charge < -0.3 is 9.64 Å². The number of hydrogen-bond donors (Lipinski definition) is 0. The molecule has 1 heterocycles. The maximum atomic E-state index is 12.9. The molecule has 1 aliphatic rings. The second-order valence-electron chi connectivity index (χ2n) is 5.71. The SMILES string of the molecule is COc1ccc(C(=O)N2CCCC2c2ccccc2)cc1[N+](=O)[O-]. The van der Waals surface area contributed by atoms with Crippen LogP contribution in [0.5, 0.6) is 5.75 Å². The molecule has 0 saturated carbocycles. The number of nitro benzene ring substituents is 1. The molecule has 6 heteroatoms. The number of likely N-dealkylation sites (tertiary alicyclic amines) is 1. The fourth-order valence-corrected chi connectivity index (χ4v) is 3.16. The van der Waals surface area contributed by atoms with Gasteiger partial charge in [-0.15, -0.1) is 0 Å². The van der Waals surface area contributed by atoms with Gasteiger partial charge in [0.05, 0.1) is 18.1 Å². The number of benzene rings is 2. The molecule has 3 rings (SSSR count). The van der Waals surface area contributed by atoms with Crippen LogP contribution in [0.3, 0.4) is 0 Å². The van der Waals surface area contributed by atoms with Crippen molar-refractivity contribution in [3.05, 3.63) is 69.8 Å². The number of nitro groups is 1. The molecule has 1 fully saturated rings. The second kappa shape index (κ2) is 6.70. The van der Waals surface area contributed by atoms with Crippen LogP contribution in [0.4, 0.5) is 5.69 Å². The van der Waals surface area contributed by atoms with Crippen LogP contribution in [0, 0.1) is 10.1 Å². The third-order valence-corrected chi connectivity index (χ3v) is 4.32. The first-order valence-corrected chi connectivity index (χ1v) is 7.80. The van der Waals surface area contributed by atoms with Crippen molar-refractivity contribution in [1.82, 2.24) is 4.90 Å². The van der Waals surface area contributed by atoms with Crippen molar-refractivity contribution in [3.8, 4) is 5.75 Å². The molecule has 1 unspecified atom stereocenters. The minimum atomic E-state index is -0.533. The average molecular weight is 326 g/mol. The van der Waals surface area contributed by atoms with Crippen molar-refractivity contribution in [3.63, 3.8) is 0 Å². The van der Waals surface area contributed by atoms with E-state index in [4.69, 9.17) is 4.74 Å². The molecule has 0 bridgehead atoms. The first kappa shape index (κ1) is 16.0. The maximum Gasteiger partial charge on any atom is 0.311 e. The van der Waals surface area contributed by atoms with Gasteiger partial charge in [0.15, 0.2) is 5.75 Å². The largest absolute Gasteiger partial charge is 0.490 e. The van der Waals surface area contributed by atoms with E-state index in [0.29, 0.717) is 12.1 Å². The zero-order valence-electron chi connectivity index (χ0n) is 13.3. The zero-order chi connectivity index (χ0) is 17.1. The van der Waals surface area contributed by atoms with E-state index < -0.39 is 4.92 Å². The van der Waals surface area contributed by atoms with E-state index in [2.05, 4.69) is 0 Å². The van der Waals surface area contributed by atoms with Crippen molar-refractivity contribution in [1.29, 1.82) is 0 Å². The van der Waals surface area contributed by atoms with Crippen LogP contribution < -0.4 is 4.74 Å². The Morgan fingerprint density at radius 2 is 2.00 bits per heavy atom. The fraction of sp³-hybridized carbons (Fsp3) is 0.278. The quantitative estimate of drug-likeness (QED) is 0.636. The summed E-state index contributed by atoms with van der Waals surface area (Å²) in [5, 5.41) is 11.2. The molecule has 2 aromatic rings. The van der Waals surface area contributed by atoms with E-state index in [0.717, 1.165) is 18.4 Å². The molecular weight excluding hydrogens is 308 g/mol. The molecule has 1 atom stereocenters. The molecule has 0 aliphatic carbocycles. The smallest absolute Gasteiger partial charge is 0.311 e. The highest BCUT2D eigenvalue weighted by Gasteiger charge is 2.31. The lowest BCUT2D eigenvalue weighted by atomic mass is 10.0. The summed E-state index contributed by atoms with van der Waals surface area (Å²) in [6, 6.07) is 14.2. The van der Waals surface area contributed by atoms with Gasteiger partial charge in [-0.1, -0.05) is 30.3 Å². The Hall–Kier alpha value is -2.89. The van der Waals surface area contributed by atoms with Gasteiger partial charge in [0.25, 0.3) is 5.91 Å². The Morgan fingerprint density at radius 1 is 1.25 bits per heavy atom. The third-order valence-electron chi connectivity index (χ3n) is 4.32. The number of hydrogen-bond acceptors (Lipinski definition) is 4. The molecule has 0 spiro atoms. The van der Waals surface area contributed by atoms with Crippen LogP contribution in [-0.4, -0.2) is 29.4 Å². The van der Waals surface area contributed by atoms with E-state index in [1.165, 1.54) is 19.2 Å². The number of carbonyl (C=O) groups excluding carboxylic acids is 1. The minimum absolute atomic E-state index is 0.0138. The lowest BCUT2D eigenvalue weighted by Crippen LogP contribution is -2.30. The zero-order valence-corrected chi connectivity index (χ0v) is 13.3. The normalized spacial score (nSPS) is 16.9. The van der Waals surface area contributed by atoms with Gasteiger partial charge in [-0.25, -0.2) is 0 Å². The van der Waals surface area contributed by atoms with Crippen LogP contribution >= 0.6 is 0 Å². The van der Waals surface area contributed by atoms with Crippen LogP contribution in [0.15, 0.2) is 48.5 Å². The van der Waals surface area contributed by atoms with Crippen molar-refractivity contribution < 1.29 is 14.5 Å². The molecule has 0 aromatic heterocycles. The van der Waals surface area contributed by atoms with Crippen LogP contribution in [0.1, 0.15) is 34.8 Å². The van der Waals surface area contributed by atoms with E-state index in [1.54, 1.807) is 11.0 Å². The number of carbonyl (C=O) groups is 1. The lowest BCUT2D eigenvalue weighted by molar-refractivity contribution is -0.385. The Labute approximate surface area is 139 Å². The molecular formula is C18H18N2O4. The van der Waals surface area contributed by atoms with E-state index in [1.807, 2.05) is 30.3 Å². The molecule has 0 N–H and O–H groups in total. The monoisotopic (exact) mass is 326 g/mol. The average Bonchev–Trinajstić information content (AvgIpc) is 3.11. The highest BCUT2D eigenvalue weighted by molar-refractivity contribution is 5.95. The molecule has 6 nitrogen and oxygen atoms in total. The van der Waals surface area contributed by atoms with Crippen LogP contribution in [0.25, 0.3) is 0 Å². The van der Waals surface area contributed by atoms with Gasteiger partial charge in [0.1, 0.15) is 0 Å². The van der Waals surface area contributed by atoms with Crippen molar-refractivity contribution >= 4 is 11.6 Å². The standard InChI is InChI=1S/C18H18N2O4/c1-24-17-10-9-14(12-16(17)20(22)23)18(21)19-11-5-8-15(19)13-6-3-2-4-7-13/h2-4,6-7,9-10,12,15H,5,8,11H2,1H3. The van der Waals surface area contributed by atoms with E-state index in [-0.39, 0.29) is 23.4 Å². The highest BCUT2D eigenvalue weighted by Crippen LogP contribution is 2.34. The van der Waals surface area contributed by atoms with Crippen molar-refractivity contribution in [2.24, 2.45) is 0 Å². The predicted octanol–water partition coefficient (Wildman–Crippen LogP) is 3.58. The van der Waals surface area contributed by atoms with Crippen molar-refractivity contribution in [2.75, 3.05) is 13.7 Å². The molecule has 24 heavy (non-hydrogen) atoms. The lowest BCUT2D eigenvalue weighted by Gasteiger charge is -2.25. The fourth-order valence-electron chi connectivity index (χ4n) is 3.16. The summed E-state index contributed by atoms with van der Waals surface area (Å²) in [5.74, 6) is -0.0373. The van der Waals surface area contributed by atoms with Gasteiger partial charge in [-0.3, -0.25) is 14.9 Å². The van der Waals surface area contributed by atoms with E-state index >= 15 is 0 Å². The summed E-state index contributed by atoms with van der Waals surface area (Å²) in [6.07, 6.45) is 1.82. The van der Waals surface area contributed by atoms with Crippen LogP contribution in [-0.2, 0) is 0 Å². The Bertz CT molecular complexity index is 761. The Balaban J connectivity index is 1.91. The Morgan fingerprint density at radius 3 is 2.67 bits per heavy atom. The first-order chi connectivity index (χ1) is 11.6. The molecule has 0 radical (unpaired) electrons. The summed E-state index contributed by atoms with van der Waals surface area (Å²) >= 11 is 0. The summed E-state index contributed by atoms with van der Waals surface area (Å²) in [7, 11) is 1.37. The highest BCUT2D eigenvalue weighted by atomic mass is 16.6. The predicted molar refractivity (Wildman–Crippen MR) is 89.1 cm³/mol. The third kappa shape index (κ3) is 2.95. The van der Waals surface area contributed by atoms with Gasteiger partial charge in [-0.05, 0) is 30.5 Å². The summed E-state index contributed by atoms with van der Waals surface area (Å²) in [4.78, 5) is 25.3. The Kier molecular flexibility index (Phi) is 4.46. The number of ether oxygens (including phenoxy) is 1. The molecule has 1 aliphatic heterocycles. The summed E-state index contributed by atoms with van der Waals surface area (Å²) < 4.78 is 4.99. The second-order valence-corrected chi connectivity index (χ2v) is 5.71. The number of rotatable bonds is 4. The first-order valence-electron chi connectivity index (χ1n) is 7.80. The molecule has 1 amide bonds.